The summed E-state index contributed by atoms with van der Waals surface area (Å²) in [6.45, 7) is 1.93. The van der Waals surface area contributed by atoms with Crippen LogP contribution in [-0.4, -0.2) is 41.6 Å². The molecule has 2 heterocycles. The van der Waals surface area contributed by atoms with Crippen LogP contribution < -0.4 is 0 Å². The molecule has 114 valence electrons. The van der Waals surface area contributed by atoms with Gasteiger partial charge in [0.2, 0.25) is 5.91 Å². The van der Waals surface area contributed by atoms with E-state index in [-0.39, 0.29) is 12.0 Å². The van der Waals surface area contributed by atoms with Crippen LogP contribution >= 0.6 is 0 Å². The SMILES string of the molecule is O=C(Cc1ccccc1)N1CCO[C@H](Cc2cccnc2)C1. The maximum Gasteiger partial charge on any atom is 0.227 e. The maximum absolute atomic E-state index is 12.4. The first kappa shape index (κ1) is 14.7. The number of carbonyl (C=O) groups excluding carboxylic acids is 1. The Morgan fingerprint density at radius 1 is 1.18 bits per heavy atom. The van der Waals surface area contributed by atoms with Crippen molar-refractivity contribution >= 4 is 5.91 Å². The molecule has 1 atom stereocenters. The zero-order valence-corrected chi connectivity index (χ0v) is 12.5. The van der Waals surface area contributed by atoms with Gasteiger partial charge in [-0.15, -0.1) is 0 Å². The van der Waals surface area contributed by atoms with Crippen molar-refractivity contribution in [2.24, 2.45) is 0 Å². The zero-order chi connectivity index (χ0) is 15.2. The summed E-state index contributed by atoms with van der Waals surface area (Å²) in [7, 11) is 0. The zero-order valence-electron chi connectivity index (χ0n) is 12.5. The van der Waals surface area contributed by atoms with Crippen LogP contribution in [0.5, 0.6) is 0 Å². The topological polar surface area (TPSA) is 42.4 Å². The lowest BCUT2D eigenvalue weighted by atomic mass is 10.1. The summed E-state index contributed by atoms with van der Waals surface area (Å²) in [5, 5.41) is 0. The van der Waals surface area contributed by atoms with Gasteiger partial charge in [0.1, 0.15) is 0 Å². The second kappa shape index (κ2) is 7.18. The van der Waals surface area contributed by atoms with Gasteiger partial charge in [0.25, 0.3) is 0 Å². The fraction of sp³-hybridized carbons (Fsp3) is 0.333. The largest absolute Gasteiger partial charge is 0.374 e. The number of benzene rings is 1. The van der Waals surface area contributed by atoms with E-state index in [4.69, 9.17) is 4.74 Å². The Morgan fingerprint density at radius 2 is 2.00 bits per heavy atom. The number of aromatic nitrogens is 1. The summed E-state index contributed by atoms with van der Waals surface area (Å²) < 4.78 is 5.79. The highest BCUT2D eigenvalue weighted by Gasteiger charge is 2.24. The van der Waals surface area contributed by atoms with Gasteiger partial charge in [0.05, 0.1) is 19.1 Å². The third kappa shape index (κ3) is 3.92. The fourth-order valence-electron chi connectivity index (χ4n) is 2.73. The van der Waals surface area contributed by atoms with E-state index in [0.29, 0.717) is 26.1 Å². The molecule has 0 N–H and O–H groups in total. The first-order chi connectivity index (χ1) is 10.8. The van der Waals surface area contributed by atoms with Gasteiger partial charge in [-0.3, -0.25) is 9.78 Å². The average molecular weight is 296 g/mol. The molecule has 1 aromatic heterocycles. The molecule has 1 aromatic carbocycles. The highest BCUT2D eigenvalue weighted by Crippen LogP contribution is 2.13. The van der Waals surface area contributed by atoms with Gasteiger partial charge in [-0.05, 0) is 17.2 Å². The average Bonchev–Trinajstić information content (AvgIpc) is 2.57. The van der Waals surface area contributed by atoms with E-state index in [1.54, 1.807) is 6.20 Å². The molecule has 3 rings (SSSR count). The van der Waals surface area contributed by atoms with Crippen molar-refractivity contribution in [3.8, 4) is 0 Å². The minimum atomic E-state index is 0.0534. The Bertz CT molecular complexity index is 601. The summed E-state index contributed by atoms with van der Waals surface area (Å²) in [5.74, 6) is 0.172. The van der Waals surface area contributed by atoms with Gasteiger partial charge in [0.15, 0.2) is 0 Å². The Morgan fingerprint density at radius 3 is 2.77 bits per heavy atom. The van der Waals surface area contributed by atoms with Gasteiger partial charge in [-0.25, -0.2) is 0 Å². The van der Waals surface area contributed by atoms with Gasteiger partial charge >= 0.3 is 0 Å². The highest BCUT2D eigenvalue weighted by atomic mass is 16.5. The van der Waals surface area contributed by atoms with E-state index >= 15 is 0 Å². The van der Waals surface area contributed by atoms with E-state index in [2.05, 4.69) is 4.98 Å². The summed E-state index contributed by atoms with van der Waals surface area (Å²) in [6.07, 6.45) is 4.93. The lowest BCUT2D eigenvalue weighted by Gasteiger charge is -2.33. The van der Waals surface area contributed by atoms with Gasteiger partial charge in [-0.2, -0.15) is 0 Å². The first-order valence-corrected chi connectivity index (χ1v) is 7.63. The second-order valence-electron chi connectivity index (χ2n) is 5.56. The summed E-state index contributed by atoms with van der Waals surface area (Å²) in [6, 6.07) is 13.8. The Balaban J connectivity index is 1.57. The number of carbonyl (C=O) groups is 1. The van der Waals surface area contributed by atoms with Crippen molar-refractivity contribution in [1.82, 2.24) is 9.88 Å². The highest BCUT2D eigenvalue weighted by molar-refractivity contribution is 5.78. The van der Waals surface area contributed by atoms with Crippen LogP contribution in [0.3, 0.4) is 0 Å². The van der Waals surface area contributed by atoms with Gasteiger partial charge in [-0.1, -0.05) is 36.4 Å². The number of ether oxygens (including phenoxy) is 1. The van der Waals surface area contributed by atoms with E-state index in [1.165, 1.54) is 0 Å². The third-order valence-corrected chi connectivity index (χ3v) is 3.88. The van der Waals surface area contributed by atoms with Crippen molar-refractivity contribution in [3.63, 3.8) is 0 Å². The number of rotatable bonds is 4. The minimum absolute atomic E-state index is 0.0534. The Hall–Kier alpha value is -2.20. The van der Waals surface area contributed by atoms with Crippen LogP contribution in [0.2, 0.25) is 0 Å². The van der Waals surface area contributed by atoms with Crippen molar-refractivity contribution in [1.29, 1.82) is 0 Å². The number of morpholine rings is 1. The van der Waals surface area contributed by atoms with Crippen LogP contribution in [0, 0.1) is 0 Å². The normalized spacial score (nSPS) is 18.2. The van der Waals surface area contributed by atoms with E-state index in [0.717, 1.165) is 17.5 Å². The summed E-state index contributed by atoms with van der Waals surface area (Å²) in [5.41, 5.74) is 2.20. The van der Waals surface area contributed by atoms with Gasteiger partial charge < -0.3 is 9.64 Å². The van der Waals surface area contributed by atoms with Crippen LogP contribution in [-0.2, 0) is 22.4 Å². The molecule has 1 aliphatic rings. The van der Waals surface area contributed by atoms with Crippen LogP contribution in [0.4, 0.5) is 0 Å². The van der Waals surface area contributed by atoms with Crippen molar-refractivity contribution in [2.75, 3.05) is 19.7 Å². The van der Waals surface area contributed by atoms with Crippen molar-refractivity contribution < 1.29 is 9.53 Å². The Labute approximate surface area is 130 Å². The van der Waals surface area contributed by atoms with Crippen molar-refractivity contribution in [2.45, 2.75) is 18.9 Å². The lowest BCUT2D eigenvalue weighted by molar-refractivity contribution is -0.138. The molecule has 0 radical (unpaired) electrons. The smallest absolute Gasteiger partial charge is 0.227 e. The number of amides is 1. The lowest BCUT2D eigenvalue weighted by Crippen LogP contribution is -2.46. The molecule has 1 fully saturated rings. The molecule has 2 aromatic rings. The maximum atomic E-state index is 12.4. The minimum Gasteiger partial charge on any atom is -0.374 e. The number of pyridine rings is 1. The predicted molar refractivity (Wildman–Crippen MR) is 84.4 cm³/mol. The molecule has 0 aliphatic carbocycles. The van der Waals surface area contributed by atoms with Crippen LogP contribution in [0.15, 0.2) is 54.9 Å². The molecular weight excluding hydrogens is 276 g/mol. The second-order valence-corrected chi connectivity index (χ2v) is 5.56. The summed E-state index contributed by atoms with van der Waals surface area (Å²) >= 11 is 0. The molecule has 1 saturated heterocycles. The van der Waals surface area contributed by atoms with Crippen molar-refractivity contribution in [3.05, 3.63) is 66.0 Å². The molecular formula is C18H20N2O2. The number of hydrogen-bond acceptors (Lipinski definition) is 3. The molecule has 1 amide bonds. The monoisotopic (exact) mass is 296 g/mol. The van der Waals surface area contributed by atoms with E-state index in [9.17, 15) is 4.79 Å². The number of hydrogen-bond donors (Lipinski definition) is 0. The van der Waals surface area contributed by atoms with Crippen LogP contribution in [0.25, 0.3) is 0 Å². The molecule has 1 aliphatic heterocycles. The standard InChI is InChI=1S/C18H20N2O2/c21-18(12-15-5-2-1-3-6-15)20-9-10-22-17(14-20)11-16-7-4-8-19-13-16/h1-8,13,17H,9-12,14H2/t17-/m1/s1. The van der Waals surface area contributed by atoms with E-state index < -0.39 is 0 Å². The van der Waals surface area contributed by atoms with Crippen LogP contribution in [0.1, 0.15) is 11.1 Å². The predicted octanol–water partition coefficient (Wildman–Crippen LogP) is 2.09. The molecule has 0 saturated carbocycles. The summed E-state index contributed by atoms with van der Waals surface area (Å²) in [4.78, 5) is 18.5. The first-order valence-electron chi connectivity index (χ1n) is 7.63. The van der Waals surface area contributed by atoms with E-state index in [1.807, 2.05) is 53.6 Å². The molecule has 4 nitrogen and oxygen atoms in total. The Kier molecular flexibility index (Phi) is 4.81. The van der Waals surface area contributed by atoms with Gasteiger partial charge in [0, 0.05) is 31.9 Å². The number of nitrogens with zero attached hydrogens (tertiary/aromatic N) is 2. The molecule has 4 heteroatoms. The fourth-order valence-corrected chi connectivity index (χ4v) is 2.73. The third-order valence-electron chi connectivity index (χ3n) is 3.88. The molecule has 22 heavy (non-hydrogen) atoms. The molecule has 0 spiro atoms. The molecule has 0 bridgehead atoms. The molecule has 0 unspecified atom stereocenters. The quantitative estimate of drug-likeness (QED) is 0.867.